The van der Waals surface area contributed by atoms with Crippen LogP contribution in [0.5, 0.6) is 0 Å². The summed E-state index contributed by atoms with van der Waals surface area (Å²) in [5.74, 6) is -1.96. The summed E-state index contributed by atoms with van der Waals surface area (Å²) in [6.07, 6.45) is 7.22. The summed E-state index contributed by atoms with van der Waals surface area (Å²) in [5, 5.41) is 13.2. The maximum Gasteiger partial charge on any atom is 0.337 e. The highest BCUT2D eigenvalue weighted by atomic mass is 19.1. The number of carboxylic acids is 1. The minimum Gasteiger partial charge on any atom is -0.478 e. The predicted octanol–water partition coefficient (Wildman–Crippen LogP) is 3.83. The van der Waals surface area contributed by atoms with Crippen LogP contribution in [0.25, 0.3) is 16.9 Å². The topological polar surface area (TPSA) is 123 Å². The number of halogens is 1. The second kappa shape index (κ2) is 9.18. The Bertz CT molecular complexity index is 1580. The summed E-state index contributed by atoms with van der Waals surface area (Å²) in [7, 11) is 0. The van der Waals surface area contributed by atoms with Gasteiger partial charge in [0.05, 0.1) is 17.5 Å². The number of amides is 1. The zero-order valence-electron chi connectivity index (χ0n) is 20.6. The SMILES string of the molecule is NC1(Cc2c(C(=O)O)c3c(n2-c2cnccc2F)-c2cc(C(=O)NCc4ccccc4)ncc2CC3)CC1. The van der Waals surface area contributed by atoms with E-state index in [-0.39, 0.29) is 22.9 Å². The monoisotopic (exact) mass is 511 g/mol. The molecule has 8 nitrogen and oxygen atoms in total. The standard InChI is InChI=1S/C29H26FN5O3/c30-21-8-11-32-16-24(21)35-23(13-29(31)9-10-29)25(28(37)38)19-7-6-18-15-33-22(12-20(18)26(19)35)27(36)34-14-17-4-2-1-3-5-17/h1-5,8,11-12,15-16H,6-7,9-10,13-14,31H2,(H,34,36)(H,37,38). The number of hydrogen-bond acceptors (Lipinski definition) is 5. The number of hydrogen-bond donors (Lipinski definition) is 3. The van der Waals surface area contributed by atoms with Gasteiger partial charge in [-0.15, -0.1) is 0 Å². The molecule has 1 fully saturated rings. The van der Waals surface area contributed by atoms with Gasteiger partial charge >= 0.3 is 5.97 Å². The van der Waals surface area contributed by atoms with Crippen molar-refractivity contribution in [2.75, 3.05) is 0 Å². The number of pyridine rings is 2. The van der Waals surface area contributed by atoms with Crippen molar-refractivity contribution < 1.29 is 19.1 Å². The molecule has 2 aliphatic carbocycles. The fourth-order valence-corrected chi connectivity index (χ4v) is 5.25. The third kappa shape index (κ3) is 4.24. The van der Waals surface area contributed by atoms with E-state index in [1.165, 1.54) is 18.5 Å². The van der Waals surface area contributed by atoms with Crippen LogP contribution in [-0.4, -0.2) is 37.1 Å². The molecule has 1 amide bonds. The van der Waals surface area contributed by atoms with E-state index in [0.29, 0.717) is 48.3 Å². The molecule has 4 aromatic rings. The van der Waals surface area contributed by atoms with Gasteiger partial charge in [-0.2, -0.15) is 0 Å². The highest BCUT2D eigenvalue weighted by Gasteiger charge is 2.42. The molecule has 2 aliphatic rings. The van der Waals surface area contributed by atoms with E-state index >= 15 is 4.39 Å². The molecule has 0 spiro atoms. The number of aromatic nitrogens is 3. The van der Waals surface area contributed by atoms with Gasteiger partial charge in [0.1, 0.15) is 17.2 Å². The molecule has 0 radical (unpaired) electrons. The van der Waals surface area contributed by atoms with Gasteiger partial charge in [0.2, 0.25) is 0 Å². The Morgan fingerprint density at radius 1 is 1.13 bits per heavy atom. The largest absolute Gasteiger partial charge is 0.478 e. The summed E-state index contributed by atoms with van der Waals surface area (Å²) >= 11 is 0. The normalized spacial score (nSPS) is 14.9. The lowest BCUT2D eigenvalue weighted by Crippen LogP contribution is -2.27. The maximum absolute atomic E-state index is 15.2. The summed E-state index contributed by atoms with van der Waals surface area (Å²) in [6.45, 7) is 0.340. The highest BCUT2D eigenvalue weighted by Crippen LogP contribution is 2.44. The molecule has 0 unspecified atom stereocenters. The highest BCUT2D eigenvalue weighted by molar-refractivity contribution is 5.97. The molecule has 0 saturated heterocycles. The van der Waals surface area contributed by atoms with Crippen LogP contribution in [-0.2, 0) is 25.8 Å². The molecule has 0 aliphatic heterocycles. The van der Waals surface area contributed by atoms with E-state index in [9.17, 15) is 14.7 Å². The van der Waals surface area contributed by atoms with Crippen LogP contribution in [0.2, 0.25) is 0 Å². The summed E-state index contributed by atoms with van der Waals surface area (Å²) in [5.41, 5.74) is 10.5. The van der Waals surface area contributed by atoms with Crippen molar-refractivity contribution in [1.29, 1.82) is 0 Å². The van der Waals surface area contributed by atoms with E-state index < -0.39 is 17.3 Å². The lowest BCUT2D eigenvalue weighted by Gasteiger charge is -2.21. The minimum absolute atomic E-state index is 0.148. The molecular weight excluding hydrogens is 485 g/mol. The molecular formula is C29H26FN5O3. The lowest BCUT2D eigenvalue weighted by molar-refractivity contribution is 0.0694. The van der Waals surface area contributed by atoms with Crippen LogP contribution in [0, 0.1) is 5.82 Å². The predicted molar refractivity (Wildman–Crippen MR) is 139 cm³/mol. The van der Waals surface area contributed by atoms with Crippen molar-refractivity contribution in [3.63, 3.8) is 0 Å². The van der Waals surface area contributed by atoms with Gasteiger partial charge in [-0.05, 0) is 54.5 Å². The van der Waals surface area contributed by atoms with E-state index in [0.717, 1.165) is 24.0 Å². The Kier molecular flexibility index (Phi) is 5.80. The van der Waals surface area contributed by atoms with Crippen molar-refractivity contribution in [2.45, 2.75) is 44.2 Å². The molecule has 1 saturated carbocycles. The molecule has 6 rings (SSSR count). The average Bonchev–Trinajstić information content (AvgIpc) is 3.56. The Labute approximate surface area is 218 Å². The van der Waals surface area contributed by atoms with Crippen molar-refractivity contribution in [3.05, 3.63) is 101 Å². The molecule has 3 heterocycles. The van der Waals surface area contributed by atoms with Crippen LogP contribution >= 0.6 is 0 Å². The number of rotatable bonds is 7. The van der Waals surface area contributed by atoms with Crippen molar-refractivity contribution in [3.8, 4) is 16.9 Å². The van der Waals surface area contributed by atoms with Gasteiger partial charge in [-0.1, -0.05) is 30.3 Å². The van der Waals surface area contributed by atoms with E-state index in [1.807, 2.05) is 30.3 Å². The van der Waals surface area contributed by atoms with Crippen LogP contribution < -0.4 is 11.1 Å². The second-order valence-corrected chi connectivity index (χ2v) is 10.1. The van der Waals surface area contributed by atoms with Crippen molar-refractivity contribution in [1.82, 2.24) is 19.9 Å². The summed E-state index contributed by atoms with van der Waals surface area (Å²) < 4.78 is 16.9. The Balaban J connectivity index is 1.50. The second-order valence-electron chi connectivity index (χ2n) is 10.1. The number of nitrogens with two attached hydrogens (primary N) is 1. The Morgan fingerprint density at radius 3 is 2.63 bits per heavy atom. The number of aromatic carboxylic acids is 1. The van der Waals surface area contributed by atoms with Gasteiger partial charge in [0.15, 0.2) is 0 Å². The lowest BCUT2D eigenvalue weighted by atomic mass is 9.88. The molecule has 38 heavy (non-hydrogen) atoms. The fraction of sp³-hybridized carbons (Fsp3) is 0.241. The van der Waals surface area contributed by atoms with Crippen molar-refractivity contribution in [2.24, 2.45) is 5.73 Å². The first-order valence-corrected chi connectivity index (χ1v) is 12.5. The number of carboxylic acid groups (broad SMARTS) is 1. The Morgan fingerprint density at radius 2 is 1.92 bits per heavy atom. The fourth-order valence-electron chi connectivity index (χ4n) is 5.25. The van der Waals surface area contributed by atoms with Crippen LogP contribution in [0.4, 0.5) is 4.39 Å². The Hall–Kier alpha value is -4.37. The zero-order valence-corrected chi connectivity index (χ0v) is 20.6. The maximum atomic E-state index is 15.2. The smallest absolute Gasteiger partial charge is 0.337 e. The summed E-state index contributed by atoms with van der Waals surface area (Å²) in [6, 6.07) is 12.5. The summed E-state index contributed by atoms with van der Waals surface area (Å²) in [4.78, 5) is 34.1. The van der Waals surface area contributed by atoms with Crippen LogP contribution in [0.3, 0.4) is 0 Å². The first-order chi connectivity index (χ1) is 18.3. The number of aryl methyl sites for hydroxylation is 1. The third-order valence-corrected chi connectivity index (χ3v) is 7.40. The van der Waals surface area contributed by atoms with Crippen LogP contribution in [0.1, 0.15) is 56.1 Å². The molecule has 192 valence electrons. The minimum atomic E-state index is -1.08. The molecule has 9 heteroatoms. The molecule has 4 N–H and O–H groups in total. The quantitative estimate of drug-likeness (QED) is 0.347. The third-order valence-electron chi connectivity index (χ3n) is 7.40. The van der Waals surface area contributed by atoms with E-state index in [2.05, 4.69) is 15.3 Å². The van der Waals surface area contributed by atoms with Gasteiger partial charge in [-0.25, -0.2) is 9.18 Å². The molecule has 0 atom stereocenters. The van der Waals surface area contributed by atoms with E-state index in [4.69, 9.17) is 5.73 Å². The van der Waals surface area contributed by atoms with Crippen LogP contribution in [0.15, 0.2) is 61.1 Å². The van der Waals surface area contributed by atoms with Crippen molar-refractivity contribution >= 4 is 11.9 Å². The number of fused-ring (bicyclic) bond motifs is 3. The number of benzene rings is 1. The zero-order chi connectivity index (χ0) is 26.4. The van der Waals surface area contributed by atoms with Gasteiger partial charge in [0, 0.05) is 42.2 Å². The first-order valence-electron chi connectivity index (χ1n) is 12.5. The van der Waals surface area contributed by atoms with Gasteiger partial charge in [0.25, 0.3) is 5.91 Å². The first kappa shape index (κ1) is 24.0. The van der Waals surface area contributed by atoms with E-state index in [1.54, 1.807) is 16.8 Å². The number of carbonyl (C=O) groups excluding carboxylic acids is 1. The molecule has 0 bridgehead atoms. The van der Waals surface area contributed by atoms with Gasteiger partial charge in [-0.3, -0.25) is 14.8 Å². The number of nitrogens with zero attached hydrogens (tertiary/aromatic N) is 3. The number of carbonyl (C=O) groups is 2. The number of nitrogens with one attached hydrogen (secondary N) is 1. The molecule has 3 aromatic heterocycles. The molecule has 1 aromatic carbocycles. The average molecular weight is 512 g/mol. The van der Waals surface area contributed by atoms with Gasteiger partial charge < -0.3 is 20.7 Å².